The quantitative estimate of drug-likeness (QED) is 0.823. The van der Waals surface area contributed by atoms with Crippen molar-refractivity contribution in [2.75, 3.05) is 32.0 Å². The molecule has 1 aliphatic rings. The van der Waals surface area contributed by atoms with Gasteiger partial charge in [0.1, 0.15) is 0 Å². The number of aromatic nitrogens is 1. The SMILES string of the molecule is CNCC1CCN(C(=O)Cc2csc(NC(=O)c3cccs3)n2)C1. The Morgan fingerprint density at radius 3 is 3.04 bits per heavy atom. The van der Waals surface area contributed by atoms with Crippen molar-refractivity contribution >= 4 is 39.6 Å². The lowest BCUT2D eigenvalue weighted by Crippen LogP contribution is -2.31. The average molecular weight is 364 g/mol. The number of anilines is 1. The van der Waals surface area contributed by atoms with Gasteiger partial charge in [0.25, 0.3) is 5.91 Å². The average Bonchev–Trinajstić information content (AvgIpc) is 3.28. The third-order valence-corrected chi connectivity index (χ3v) is 5.66. The van der Waals surface area contributed by atoms with Crippen LogP contribution in [0.3, 0.4) is 0 Å². The molecule has 3 rings (SSSR count). The minimum atomic E-state index is -0.160. The molecule has 1 saturated heterocycles. The van der Waals surface area contributed by atoms with Crippen molar-refractivity contribution in [2.45, 2.75) is 12.8 Å². The van der Waals surface area contributed by atoms with E-state index in [9.17, 15) is 9.59 Å². The van der Waals surface area contributed by atoms with E-state index in [0.29, 0.717) is 21.6 Å². The number of amides is 2. The summed E-state index contributed by atoms with van der Waals surface area (Å²) in [7, 11) is 1.94. The van der Waals surface area contributed by atoms with E-state index >= 15 is 0 Å². The summed E-state index contributed by atoms with van der Waals surface area (Å²) in [6, 6.07) is 3.61. The van der Waals surface area contributed by atoms with E-state index in [1.54, 1.807) is 6.07 Å². The fourth-order valence-electron chi connectivity index (χ4n) is 2.79. The van der Waals surface area contributed by atoms with E-state index in [1.165, 1.54) is 22.7 Å². The van der Waals surface area contributed by atoms with Crippen LogP contribution >= 0.6 is 22.7 Å². The van der Waals surface area contributed by atoms with Gasteiger partial charge in [0.2, 0.25) is 5.91 Å². The molecular formula is C16H20N4O2S2. The molecule has 2 aromatic heterocycles. The van der Waals surface area contributed by atoms with E-state index in [-0.39, 0.29) is 18.2 Å². The van der Waals surface area contributed by atoms with Gasteiger partial charge in [-0.05, 0) is 37.4 Å². The number of nitrogens with zero attached hydrogens (tertiary/aromatic N) is 2. The van der Waals surface area contributed by atoms with Crippen LogP contribution in [-0.2, 0) is 11.2 Å². The number of rotatable bonds is 6. The highest BCUT2D eigenvalue weighted by Crippen LogP contribution is 2.20. The minimum absolute atomic E-state index is 0.107. The lowest BCUT2D eigenvalue weighted by molar-refractivity contribution is -0.129. The second-order valence-corrected chi connectivity index (χ2v) is 7.61. The van der Waals surface area contributed by atoms with Crippen LogP contribution in [0.4, 0.5) is 5.13 Å². The number of carbonyl (C=O) groups is 2. The van der Waals surface area contributed by atoms with Crippen molar-refractivity contribution in [1.82, 2.24) is 15.2 Å². The van der Waals surface area contributed by atoms with Gasteiger partial charge in [0.15, 0.2) is 5.13 Å². The lowest BCUT2D eigenvalue weighted by Gasteiger charge is -2.15. The van der Waals surface area contributed by atoms with Crippen LogP contribution < -0.4 is 10.6 Å². The van der Waals surface area contributed by atoms with Gasteiger partial charge in [-0.3, -0.25) is 14.9 Å². The maximum atomic E-state index is 12.4. The Bertz CT molecular complexity index is 699. The van der Waals surface area contributed by atoms with Gasteiger partial charge in [0.05, 0.1) is 17.0 Å². The Balaban J connectivity index is 1.52. The maximum Gasteiger partial charge on any atom is 0.267 e. The van der Waals surface area contributed by atoms with Gasteiger partial charge < -0.3 is 10.2 Å². The minimum Gasteiger partial charge on any atom is -0.342 e. The van der Waals surface area contributed by atoms with E-state index in [4.69, 9.17) is 0 Å². The standard InChI is InChI=1S/C16H20N4O2S2/c1-17-8-11-4-5-20(9-11)14(21)7-12-10-24-16(18-12)19-15(22)13-3-2-6-23-13/h2-3,6,10-11,17H,4-5,7-9H2,1H3,(H,18,19,22). The first kappa shape index (κ1) is 17.1. The molecule has 0 aromatic carbocycles. The Morgan fingerprint density at radius 1 is 1.42 bits per heavy atom. The zero-order chi connectivity index (χ0) is 16.9. The molecule has 0 spiro atoms. The second-order valence-electron chi connectivity index (χ2n) is 5.80. The lowest BCUT2D eigenvalue weighted by atomic mass is 10.1. The normalized spacial score (nSPS) is 17.2. The van der Waals surface area contributed by atoms with Gasteiger partial charge in [-0.15, -0.1) is 22.7 Å². The van der Waals surface area contributed by atoms with E-state index in [0.717, 1.165) is 26.1 Å². The van der Waals surface area contributed by atoms with Crippen LogP contribution in [0.15, 0.2) is 22.9 Å². The van der Waals surface area contributed by atoms with Crippen molar-refractivity contribution in [2.24, 2.45) is 5.92 Å². The highest BCUT2D eigenvalue weighted by atomic mass is 32.1. The monoisotopic (exact) mass is 364 g/mol. The van der Waals surface area contributed by atoms with E-state index < -0.39 is 0 Å². The molecule has 2 amide bonds. The zero-order valence-electron chi connectivity index (χ0n) is 13.4. The first-order valence-electron chi connectivity index (χ1n) is 7.87. The summed E-state index contributed by atoms with van der Waals surface area (Å²) in [6.45, 7) is 2.57. The molecule has 128 valence electrons. The Hall–Kier alpha value is -1.77. The van der Waals surface area contributed by atoms with Crippen LogP contribution in [0.25, 0.3) is 0 Å². The largest absolute Gasteiger partial charge is 0.342 e. The third kappa shape index (κ3) is 4.19. The molecule has 1 fully saturated rings. The maximum absolute atomic E-state index is 12.4. The van der Waals surface area contributed by atoms with Gasteiger partial charge in [-0.1, -0.05) is 6.07 Å². The first-order chi connectivity index (χ1) is 11.7. The molecule has 24 heavy (non-hydrogen) atoms. The highest BCUT2D eigenvalue weighted by Gasteiger charge is 2.26. The van der Waals surface area contributed by atoms with Gasteiger partial charge in [-0.2, -0.15) is 0 Å². The van der Waals surface area contributed by atoms with Gasteiger partial charge >= 0.3 is 0 Å². The zero-order valence-corrected chi connectivity index (χ0v) is 15.1. The Labute approximate surface area is 148 Å². The number of thiophene rings is 1. The van der Waals surface area contributed by atoms with Gasteiger partial charge in [-0.25, -0.2) is 4.98 Å². The fourth-order valence-corrected chi connectivity index (χ4v) is 4.12. The summed E-state index contributed by atoms with van der Waals surface area (Å²) < 4.78 is 0. The molecule has 2 aromatic rings. The number of hydrogen-bond donors (Lipinski definition) is 2. The summed E-state index contributed by atoms with van der Waals surface area (Å²) in [5.41, 5.74) is 0.712. The number of nitrogens with one attached hydrogen (secondary N) is 2. The summed E-state index contributed by atoms with van der Waals surface area (Å²) in [4.78, 5) is 31.3. The summed E-state index contributed by atoms with van der Waals surface area (Å²) in [5, 5.41) is 10.2. The summed E-state index contributed by atoms with van der Waals surface area (Å²) in [5.74, 6) is 0.483. The predicted molar refractivity (Wildman–Crippen MR) is 96.7 cm³/mol. The number of thiazole rings is 1. The highest BCUT2D eigenvalue weighted by molar-refractivity contribution is 7.14. The number of carbonyl (C=O) groups excluding carboxylic acids is 2. The van der Waals surface area contributed by atoms with Gasteiger partial charge in [0, 0.05) is 18.5 Å². The van der Waals surface area contributed by atoms with Crippen LogP contribution in [0, 0.1) is 5.92 Å². The molecule has 0 bridgehead atoms. The molecule has 0 saturated carbocycles. The molecular weight excluding hydrogens is 344 g/mol. The third-order valence-electron chi connectivity index (χ3n) is 3.98. The molecule has 1 unspecified atom stereocenters. The molecule has 1 aliphatic heterocycles. The van der Waals surface area contributed by atoms with Crippen LogP contribution in [0.2, 0.25) is 0 Å². The predicted octanol–water partition coefficient (Wildman–Crippen LogP) is 2.07. The van der Waals surface area contributed by atoms with Crippen LogP contribution in [-0.4, -0.2) is 48.4 Å². The molecule has 1 atom stereocenters. The topological polar surface area (TPSA) is 74.3 Å². The molecule has 2 N–H and O–H groups in total. The molecule has 0 radical (unpaired) electrons. The smallest absolute Gasteiger partial charge is 0.267 e. The number of hydrogen-bond acceptors (Lipinski definition) is 6. The van der Waals surface area contributed by atoms with Crippen LogP contribution in [0.5, 0.6) is 0 Å². The molecule has 8 heteroatoms. The Morgan fingerprint density at radius 2 is 2.29 bits per heavy atom. The van der Waals surface area contributed by atoms with Crippen molar-refractivity contribution in [3.8, 4) is 0 Å². The second kappa shape index (κ2) is 7.87. The van der Waals surface area contributed by atoms with Crippen molar-refractivity contribution < 1.29 is 9.59 Å². The van der Waals surface area contributed by atoms with Crippen molar-refractivity contribution in [3.05, 3.63) is 33.5 Å². The Kier molecular flexibility index (Phi) is 5.60. The first-order valence-corrected chi connectivity index (χ1v) is 9.63. The van der Waals surface area contributed by atoms with Crippen molar-refractivity contribution in [3.63, 3.8) is 0 Å². The summed E-state index contributed by atoms with van der Waals surface area (Å²) in [6.07, 6.45) is 1.34. The van der Waals surface area contributed by atoms with Crippen LogP contribution in [0.1, 0.15) is 21.8 Å². The van der Waals surface area contributed by atoms with E-state index in [1.807, 2.05) is 28.8 Å². The van der Waals surface area contributed by atoms with Crippen molar-refractivity contribution in [1.29, 1.82) is 0 Å². The van der Waals surface area contributed by atoms with E-state index in [2.05, 4.69) is 15.6 Å². The molecule has 3 heterocycles. The number of likely N-dealkylation sites (tertiary alicyclic amines) is 1. The fraction of sp³-hybridized carbons (Fsp3) is 0.438. The molecule has 6 nitrogen and oxygen atoms in total. The molecule has 0 aliphatic carbocycles. The summed E-state index contributed by atoms with van der Waals surface area (Å²) >= 11 is 2.74.